The van der Waals surface area contributed by atoms with Crippen LogP contribution >= 0.6 is 0 Å². The van der Waals surface area contributed by atoms with Crippen molar-refractivity contribution < 1.29 is 14.2 Å². The fourth-order valence-electron chi connectivity index (χ4n) is 3.41. The molecule has 1 heterocycles. The van der Waals surface area contributed by atoms with Gasteiger partial charge < -0.3 is 9.84 Å². The molecule has 0 saturated heterocycles. The van der Waals surface area contributed by atoms with E-state index in [0.29, 0.717) is 18.1 Å². The first-order valence-corrected chi connectivity index (χ1v) is 6.77. The lowest BCUT2D eigenvalue weighted by atomic mass is 9.71. The molecule has 1 aliphatic heterocycles. The monoisotopic (exact) mass is 250 g/mol. The predicted molar refractivity (Wildman–Crippen MR) is 67.0 cm³/mol. The zero-order valence-electron chi connectivity index (χ0n) is 10.7. The molecule has 1 saturated carbocycles. The number of aliphatic hydroxyl groups excluding tert-OH is 1. The van der Waals surface area contributed by atoms with Gasteiger partial charge in [-0.2, -0.15) is 0 Å². The van der Waals surface area contributed by atoms with Crippen LogP contribution < -0.4 is 4.74 Å². The summed E-state index contributed by atoms with van der Waals surface area (Å²) in [6.45, 7) is 2.18. The highest BCUT2D eigenvalue weighted by Gasteiger charge is 2.45. The number of rotatable bonds is 0. The summed E-state index contributed by atoms with van der Waals surface area (Å²) < 4.78 is 19.4. The molecular formula is C15H19FO2. The van der Waals surface area contributed by atoms with Gasteiger partial charge in [0.15, 0.2) is 0 Å². The molecule has 18 heavy (non-hydrogen) atoms. The molecule has 0 radical (unpaired) electrons. The summed E-state index contributed by atoms with van der Waals surface area (Å²) in [5.41, 5.74) is 0.429. The molecule has 1 N–H and O–H groups in total. The van der Waals surface area contributed by atoms with Crippen LogP contribution in [-0.4, -0.2) is 10.7 Å². The van der Waals surface area contributed by atoms with Crippen LogP contribution in [0.15, 0.2) is 18.2 Å². The quantitative estimate of drug-likeness (QED) is 0.762. The molecule has 2 aliphatic rings. The van der Waals surface area contributed by atoms with Crippen molar-refractivity contribution in [3.8, 4) is 5.75 Å². The van der Waals surface area contributed by atoms with E-state index in [9.17, 15) is 9.50 Å². The van der Waals surface area contributed by atoms with Crippen LogP contribution in [0.25, 0.3) is 0 Å². The smallest absolute Gasteiger partial charge is 0.128 e. The van der Waals surface area contributed by atoms with E-state index in [1.807, 2.05) is 0 Å². The molecule has 98 valence electrons. The van der Waals surface area contributed by atoms with E-state index in [4.69, 9.17) is 4.74 Å². The van der Waals surface area contributed by atoms with Crippen LogP contribution in [0.4, 0.5) is 4.39 Å². The van der Waals surface area contributed by atoms with E-state index >= 15 is 0 Å². The summed E-state index contributed by atoms with van der Waals surface area (Å²) >= 11 is 0. The van der Waals surface area contributed by atoms with Crippen molar-refractivity contribution in [3.05, 3.63) is 29.6 Å². The van der Waals surface area contributed by atoms with Crippen LogP contribution in [0.3, 0.4) is 0 Å². The van der Waals surface area contributed by atoms with E-state index < -0.39 is 6.10 Å². The van der Waals surface area contributed by atoms with Crippen molar-refractivity contribution in [2.24, 2.45) is 5.92 Å². The Balaban J connectivity index is 1.99. The molecule has 3 rings (SSSR count). The molecule has 3 atom stereocenters. The number of hydrogen-bond acceptors (Lipinski definition) is 2. The summed E-state index contributed by atoms with van der Waals surface area (Å²) in [4.78, 5) is 0. The van der Waals surface area contributed by atoms with Crippen LogP contribution in [0.2, 0.25) is 0 Å². The summed E-state index contributed by atoms with van der Waals surface area (Å²) in [6, 6.07) is 4.42. The SMILES string of the molecule is CC1CCCCC12C[C@@H](O)c1ccc(F)cc1O2. The lowest BCUT2D eigenvalue weighted by Gasteiger charge is -2.47. The van der Waals surface area contributed by atoms with Gasteiger partial charge in [0.1, 0.15) is 17.2 Å². The van der Waals surface area contributed by atoms with Crippen LogP contribution in [-0.2, 0) is 0 Å². The maximum atomic E-state index is 13.3. The lowest BCUT2D eigenvalue weighted by Crippen LogP contribution is -2.48. The van der Waals surface area contributed by atoms with Gasteiger partial charge in [-0.1, -0.05) is 13.3 Å². The van der Waals surface area contributed by atoms with E-state index in [0.717, 1.165) is 24.8 Å². The fraction of sp³-hybridized carbons (Fsp3) is 0.600. The summed E-state index contributed by atoms with van der Waals surface area (Å²) in [6.07, 6.45) is 4.53. The topological polar surface area (TPSA) is 29.5 Å². The van der Waals surface area contributed by atoms with Crippen LogP contribution in [0.1, 0.15) is 50.7 Å². The molecule has 1 aromatic carbocycles. The molecule has 0 aromatic heterocycles. The number of ether oxygens (including phenoxy) is 1. The standard InChI is InChI=1S/C15H19FO2/c1-10-4-2-3-7-15(10)9-13(17)12-6-5-11(16)8-14(12)18-15/h5-6,8,10,13,17H,2-4,7,9H2,1H3/t10?,13-,15?/m1/s1. The fourth-order valence-corrected chi connectivity index (χ4v) is 3.41. The van der Waals surface area contributed by atoms with Gasteiger partial charge in [-0.05, 0) is 37.3 Å². The first kappa shape index (κ1) is 12.0. The van der Waals surface area contributed by atoms with Gasteiger partial charge in [0.2, 0.25) is 0 Å². The third kappa shape index (κ3) is 1.81. The Morgan fingerprint density at radius 1 is 1.39 bits per heavy atom. The Hall–Kier alpha value is -1.09. The Kier molecular flexibility index (Phi) is 2.81. The third-order valence-electron chi connectivity index (χ3n) is 4.57. The van der Waals surface area contributed by atoms with Crippen molar-refractivity contribution in [1.29, 1.82) is 0 Å². The van der Waals surface area contributed by atoms with Crippen LogP contribution in [0, 0.1) is 11.7 Å². The second-order valence-electron chi connectivity index (χ2n) is 5.72. The lowest BCUT2D eigenvalue weighted by molar-refractivity contribution is -0.0719. The Morgan fingerprint density at radius 2 is 2.22 bits per heavy atom. The summed E-state index contributed by atoms with van der Waals surface area (Å²) in [5.74, 6) is 0.640. The zero-order chi connectivity index (χ0) is 12.8. The highest BCUT2D eigenvalue weighted by molar-refractivity contribution is 5.38. The van der Waals surface area contributed by atoms with E-state index in [-0.39, 0.29) is 11.4 Å². The molecule has 1 aliphatic carbocycles. The third-order valence-corrected chi connectivity index (χ3v) is 4.57. The highest BCUT2D eigenvalue weighted by atomic mass is 19.1. The van der Waals surface area contributed by atoms with Gasteiger partial charge >= 0.3 is 0 Å². The van der Waals surface area contributed by atoms with Gasteiger partial charge in [0.25, 0.3) is 0 Å². The maximum absolute atomic E-state index is 13.3. The molecular weight excluding hydrogens is 231 g/mol. The van der Waals surface area contributed by atoms with Crippen molar-refractivity contribution in [3.63, 3.8) is 0 Å². The van der Waals surface area contributed by atoms with Crippen molar-refractivity contribution in [2.45, 2.75) is 50.7 Å². The van der Waals surface area contributed by atoms with Gasteiger partial charge in [-0.3, -0.25) is 0 Å². The Labute approximate surface area is 107 Å². The molecule has 0 bridgehead atoms. The van der Waals surface area contributed by atoms with Gasteiger partial charge in [0, 0.05) is 18.1 Å². The molecule has 3 heteroatoms. The van der Waals surface area contributed by atoms with E-state index in [1.165, 1.54) is 18.6 Å². The predicted octanol–water partition coefficient (Wildman–Crippen LogP) is 3.59. The molecule has 1 fully saturated rings. The summed E-state index contributed by atoms with van der Waals surface area (Å²) in [7, 11) is 0. The summed E-state index contributed by atoms with van der Waals surface area (Å²) in [5, 5.41) is 10.3. The van der Waals surface area contributed by atoms with E-state index in [1.54, 1.807) is 6.07 Å². The number of halogens is 1. The molecule has 1 spiro atoms. The first-order chi connectivity index (χ1) is 8.61. The number of hydrogen-bond donors (Lipinski definition) is 1. The average Bonchev–Trinajstić information content (AvgIpc) is 2.32. The molecule has 1 aromatic rings. The minimum absolute atomic E-state index is 0.293. The molecule has 0 amide bonds. The molecule has 2 nitrogen and oxygen atoms in total. The number of aliphatic hydroxyl groups is 1. The Bertz CT molecular complexity index is 460. The number of fused-ring (bicyclic) bond motifs is 1. The van der Waals surface area contributed by atoms with Gasteiger partial charge in [-0.25, -0.2) is 4.39 Å². The maximum Gasteiger partial charge on any atom is 0.128 e. The van der Waals surface area contributed by atoms with Gasteiger partial charge in [-0.15, -0.1) is 0 Å². The van der Waals surface area contributed by atoms with Crippen LogP contribution in [0.5, 0.6) is 5.75 Å². The first-order valence-electron chi connectivity index (χ1n) is 6.77. The van der Waals surface area contributed by atoms with Crippen molar-refractivity contribution >= 4 is 0 Å². The highest BCUT2D eigenvalue weighted by Crippen LogP contribution is 2.48. The second-order valence-corrected chi connectivity index (χ2v) is 5.72. The van der Waals surface area contributed by atoms with Crippen molar-refractivity contribution in [2.75, 3.05) is 0 Å². The largest absolute Gasteiger partial charge is 0.486 e. The normalized spacial score (nSPS) is 35.1. The minimum Gasteiger partial charge on any atom is -0.486 e. The zero-order valence-corrected chi connectivity index (χ0v) is 10.7. The number of benzene rings is 1. The second kappa shape index (κ2) is 4.23. The molecule has 2 unspecified atom stereocenters. The van der Waals surface area contributed by atoms with E-state index in [2.05, 4.69) is 6.92 Å². The minimum atomic E-state index is -0.533. The van der Waals surface area contributed by atoms with Crippen molar-refractivity contribution in [1.82, 2.24) is 0 Å². The average molecular weight is 250 g/mol. The Morgan fingerprint density at radius 3 is 3.00 bits per heavy atom. The van der Waals surface area contributed by atoms with Gasteiger partial charge in [0.05, 0.1) is 6.10 Å².